The number of carboxylic acid groups (broad SMARTS) is 1. The number of hydrogen-bond donors (Lipinski definition) is 3. The first kappa shape index (κ1) is 13.4. The Morgan fingerprint density at radius 1 is 1.41 bits per heavy atom. The van der Waals surface area contributed by atoms with Crippen molar-refractivity contribution in [1.29, 1.82) is 0 Å². The molecule has 1 aromatic carbocycles. The van der Waals surface area contributed by atoms with E-state index in [0.29, 0.717) is 12.2 Å². The van der Waals surface area contributed by atoms with Crippen LogP contribution in [0.5, 0.6) is 0 Å². The SMILES string of the molecule is CCC(CC)(CNC(=O)O)c1cccc(N)c1. The van der Waals surface area contributed by atoms with Crippen LogP contribution in [0.4, 0.5) is 10.5 Å². The fourth-order valence-electron chi connectivity index (χ4n) is 2.12. The van der Waals surface area contributed by atoms with Gasteiger partial charge in [-0.1, -0.05) is 26.0 Å². The van der Waals surface area contributed by atoms with Gasteiger partial charge < -0.3 is 16.2 Å². The van der Waals surface area contributed by atoms with E-state index in [-0.39, 0.29) is 5.41 Å². The number of nitrogens with one attached hydrogen (secondary N) is 1. The molecule has 0 heterocycles. The quantitative estimate of drug-likeness (QED) is 0.688. The van der Waals surface area contributed by atoms with Crippen LogP contribution in [0.2, 0.25) is 0 Å². The lowest BCUT2D eigenvalue weighted by atomic mass is 9.75. The molecule has 1 rings (SSSR count). The second-order valence-electron chi connectivity index (χ2n) is 4.27. The fraction of sp³-hybridized carbons (Fsp3) is 0.462. The van der Waals surface area contributed by atoms with Crippen molar-refractivity contribution < 1.29 is 9.90 Å². The maximum absolute atomic E-state index is 10.6. The van der Waals surface area contributed by atoms with Gasteiger partial charge in [-0.15, -0.1) is 0 Å². The predicted octanol–water partition coefficient (Wildman–Crippen LogP) is 2.59. The van der Waals surface area contributed by atoms with Gasteiger partial charge in [-0.25, -0.2) is 4.79 Å². The van der Waals surface area contributed by atoms with Gasteiger partial charge in [0.1, 0.15) is 0 Å². The Morgan fingerprint density at radius 3 is 2.53 bits per heavy atom. The second kappa shape index (κ2) is 5.57. The topological polar surface area (TPSA) is 75.3 Å². The number of rotatable bonds is 5. The average Bonchev–Trinajstić information content (AvgIpc) is 2.31. The van der Waals surface area contributed by atoms with Crippen LogP contribution in [0.15, 0.2) is 24.3 Å². The largest absolute Gasteiger partial charge is 0.465 e. The molecule has 0 fully saturated rings. The van der Waals surface area contributed by atoms with Gasteiger partial charge in [0.2, 0.25) is 0 Å². The summed E-state index contributed by atoms with van der Waals surface area (Å²) >= 11 is 0. The van der Waals surface area contributed by atoms with E-state index >= 15 is 0 Å². The number of anilines is 1. The lowest BCUT2D eigenvalue weighted by molar-refractivity contribution is 0.190. The number of nitrogen functional groups attached to an aromatic ring is 1. The maximum atomic E-state index is 10.6. The first-order valence-corrected chi connectivity index (χ1v) is 5.87. The molecule has 4 N–H and O–H groups in total. The first-order valence-electron chi connectivity index (χ1n) is 5.87. The number of benzene rings is 1. The fourth-order valence-corrected chi connectivity index (χ4v) is 2.12. The molecule has 0 saturated heterocycles. The van der Waals surface area contributed by atoms with Gasteiger partial charge >= 0.3 is 6.09 Å². The van der Waals surface area contributed by atoms with E-state index in [1.807, 2.05) is 24.3 Å². The molecule has 0 bridgehead atoms. The van der Waals surface area contributed by atoms with Crippen LogP contribution in [0, 0.1) is 0 Å². The van der Waals surface area contributed by atoms with Crippen molar-refractivity contribution in [3.05, 3.63) is 29.8 Å². The number of hydrogen-bond acceptors (Lipinski definition) is 2. The Labute approximate surface area is 102 Å². The predicted molar refractivity (Wildman–Crippen MR) is 69.1 cm³/mol. The van der Waals surface area contributed by atoms with Crippen molar-refractivity contribution in [2.24, 2.45) is 0 Å². The van der Waals surface area contributed by atoms with Crippen molar-refractivity contribution in [2.75, 3.05) is 12.3 Å². The molecule has 0 atom stereocenters. The van der Waals surface area contributed by atoms with E-state index in [9.17, 15) is 4.79 Å². The van der Waals surface area contributed by atoms with Gasteiger partial charge in [0, 0.05) is 17.6 Å². The van der Waals surface area contributed by atoms with Crippen LogP contribution in [0.1, 0.15) is 32.3 Å². The minimum absolute atomic E-state index is 0.173. The molecule has 0 aliphatic carbocycles. The summed E-state index contributed by atoms with van der Waals surface area (Å²) in [6, 6.07) is 7.68. The highest BCUT2D eigenvalue weighted by Gasteiger charge is 2.29. The van der Waals surface area contributed by atoms with E-state index in [1.165, 1.54) is 0 Å². The van der Waals surface area contributed by atoms with E-state index in [4.69, 9.17) is 10.8 Å². The molecule has 0 aliphatic rings. The molecular weight excluding hydrogens is 216 g/mol. The monoisotopic (exact) mass is 236 g/mol. The van der Waals surface area contributed by atoms with Gasteiger partial charge in [-0.05, 0) is 30.5 Å². The molecule has 0 aromatic heterocycles. The Hall–Kier alpha value is -1.71. The van der Waals surface area contributed by atoms with Crippen molar-refractivity contribution in [1.82, 2.24) is 5.32 Å². The van der Waals surface area contributed by atoms with Crippen molar-refractivity contribution in [2.45, 2.75) is 32.1 Å². The van der Waals surface area contributed by atoms with Crippen LogP contribution in [0.3, 0.4) is 0 Å². The number of amides is 1. The molecule has 0 saturated carbocycles. The van der Waals surface area contributed by atoms with Gasteiger partial charge in [-0.3, -0.25) is 0 Å². The third-order valence-corrected chi connectivity index (χ3v) is 3.43. The van der Waals surface area contributed by atoms with Crippen molar-refractivity contribution >= 4 is 11.8 Å². The third-order valence-electron chi connectivity index (χ3n) is 3.43. The lowest BCUT2D eigenvalue weighted by Crippen LogP contribution is -2.39. The zero-order valence-corrected chi connectivity index (χ0v) is 10.4. The minimum atomic E-state index is -0.986. The average molecular weight is 236 g/mol. The number of carbonyl (C=O) groups is 1. The van der Waals surface area contributed by atoms with Crippen LogP contribution < -0.4 is 11.1 Å². The summed E-state index contributed by atoms with van der Waals surface area (Å²) in [5.41, 5.74) is 7.42. The highest BCUT2D eigenvalue weighted by Crippen LogP contribution is 2.31. The van der Waals surface area contributed by atoms with Crippen LogP contribution in [0.25, 0.3) is 0 Å². The summed E-state index contributed by atoms with van der Waals surface area (Å²) in [7, 11) is 0. The maximum Gasteiger partial charge on any atom is 0.404 e. The smallest absolute Gasteiger partial charge is 0.404 e. The second-order valence-corrected chi connectivity index (χ2v) is 4.27. The Morgan fingerprint density at radius 2 is 2.06 bits per heavy atom. The standard InChI is InChI=1S/C13H20N2O2/c1-3-13(4-2,9-15-12(16)17)10-6-5-7-11(14)8-10/h5-8,15H,3-4,9,14H2,1-2H3,(H,16,17). The molecule has 4 nitrogen and oxygen atoms in total. The zero-order chi connectivity index (χ0) is 12.9. The highest BCUT2D eigenvalue weighted by atomic mass is 16.4. The summed E-state index contributed by atoms with van der Waals surface area (Å²) < 4.78 is 0. The molecule has 94 valence electrons. The summed E-state index contributed by atoms with van der Waals surface area (Å²) in [6.07, 6.45) is 0.751. The van der Waals surface area contributed by atoms with Gasteiger partial charge in [0.15, 0.2) is 0 Å². The van der Waals surface area contributed by atoms with E-state index < -0.39 is 6.09 Å². The molecular formula is C13H20N2O2. The number of nitrogens with two attached hydrogens (primary N) is 1. The zero-order valence-electron chi connectivity index (χ0n) is 10.4. The molecule has 0 spiro atoms. The highest BCUT2D eigenvalue weighted by molar-refractivity contribution is 5.64. The van der Waals surface area contributed by atoms with Gasteiger partial charge in [0.25, 0.3) is 0 Å². The Bertz CT molecular complexity index is 387. The Balaban J connectivity index is 3.01. The molecule has 1 amide bonds. The van der Waals surface area contributed by atoms with Gasteiger partial charge in [0.05, 0.1) is 0 Å². The molecule has 0 radical (unpaired) electrons. The van der Waals surface area contributed by atoms with Gasteiger partial charge in [-0.2, -0.15) is 0 Å². The van der Waals surface area contributed by atoms with E-state index in [2.05, 4.69) is 19.2 Å². The van der Waals surface area contributed by atoms with Crippen LogP contribution in [-0.2, 0) is 5.41 Å². The molecule has 4 heteroatoms. The first-order chi connectivity index (χ1) is 8.04. The molecule has 0 unspecified atom stereocenters. The van der Waals surface area contributed by atoms with Crippen molar-refractivity contribution in [3.63, 3.8) is 0 Å². The van der Waals surface area contributed by atoms with Crippen LogP contribution >= 0.6 is 0 Å². The van der Waals surface area contributed by atoms with E-state index in [0.717, 1.165) is 18.4 Å². The summed E-state index contributed by atoms with van der Waals surface area (Å²) in [6.45, 7) is 4.55. The minimum Gasteiger partial charge on any atom is -0.465 e. The molecule has 17 heavy (non-hydrogen) atoms. The van der Waals surface area contributed by atoms with Crippen LogP contribution in [-0.4, -0.2) is 17.7 Å². The lowest BCUT2D eigenvalue weighted by Gasteiger charge is -2.32. The summed E-state index contributed by atoms with van der Waals surface area (Å²) in [5.74, 6) is 0. The third kappa shape index (κ3) is 3.12. The summed E-state index contributed by atoms with van der Waals surface area (Å²) in [5, 5.41) is 11.2. The van der Waals surface area contributed by atoms with E-state index in [1.54, 1.807) is 0 Å². The summed E-state index contributed by atoms with van der Waals surface area (Å²) in [4.78, 5) is 10.6. The molecule has 1 aromatic rings. The molecule has 0 aliphatic heterocycles. The normalized spacial score (nSPS) is 11.2. The van der Waals surface area contributed by atoms with Crippen molar-refractivity contribution in [3.8, 4) is 0 Å². The Kier molecular flexibility index (Phi) is 4.37.